The smallest absolute Gasteiger partial charge is 0.155 e. The lowest BCUT2D eigenvalue weighted by molar-refractivity contribution is 0.866. The molecule has 0 saturated heterocycles. The van der Waals surface area contributed by atoms with Gasteiger partial charge in [-0.15, -0.1) is 0 Å². The van der Waals surface area contributed by atoms with Crippen molar-refractivity contribution in [1.29, 1.82) is 5.26 Å². The van der Waals surface area contributed by atoms with Crippen LogP contribution in [0, 0.1) is 11.3 Å². The van der Waals surface area contributed by atoms with Gasteiger partial charge in [0.2, 0.25) is 0 Å². The first-order chi connectivity index (χ1) is 25.5. The highest BCUT2D eigenvalue weighted by atomic mass is 15.2. The Labute approximate surface area is 315 Å². The summed E-state index contributed by atoms with van der Waals surface area (Å²) in [5.74, 6) is 5.09. The molecule has 3 heterocycles. The summed E-state index contributed by atoms with van der Waals surface area (Å²) in [7, 11) is 0. The number of H-pyrrole nitrogens is 2. The molecule has 8 nitrogen and oxygen atoms in total. The third-order valence-electron chi connectivity index (χ3n) is 8.85. The Morgan fingerprint density at radius 3 is 1.38 bits per heavy atom. The molecule has 0 radical (unpaired) electrons. The zero-order valence-electron chi connectivity index (χ0n) is 32.4. The Morgan fingerprint density at radius 1 is 0.566 bits per heavy atom. The van der Waals surface area contributed by atoms with Gasteiger partial charge in [0.05, 0.1) is 18.2 Å². The van der Waals surface area contributed by atoms with Crippen molar-refractivity contribution in [1.82, 2.24) is 30.5 Å². The summed E-state index contributed by atoms with van der Waals surface area (Å²) in [5, 5.41) is 18.4. The van der Waals surface area contributed by atoms with Gasteiger partial charge in [-0.2, -0.15) is 10.4 Å². The van der Waals surface area contributed by atoms with Gasteiger partial charge in [0.1, 0.15) is 18.0 Å². The molecule has 3 N–H and O–H groups in total. The molecule has 7 rings (SSSR count). The van der Waals surface area contributed by atoms with E-state index in [2.05, 4.69) is 170 Å². The molecule has 0 unspecified atom stereocenters. The van der Waals surface area contributed by atoms with Gasteiger partial charge in [0.15, 0.2) is 5.82 Å². The number of rotatable bonds is 7. The average Bonchev–Trinajstić information content (AvgIpc) is 4.01. The number of aromatic amines is 2. The fourth-order valence-electron chi connectivity index (χ4n) is 5.38. The maximum atomic E-state index is 8.52. The third-order valence-corrected chi connectivity index (χ3v) is 8.85. The maximum Gasteiger partial charge on any atom is 0.155 e. The number of nitrogens with one attached hydrogen (secondary N) is 3. The summed E-state index contributed by atoms with van der Waals surface area (Å²) in [4.78, 5) is 15.8. The highest BCUT2D eigenvalue weighted by Gasteiger charge is 2.08. The van der Waals surface area contributed by atoms with Gasteiger partial charge in [-0.3, -0.25) is 10.1 Å². The summed E-state index contributed by atoms with van der Waals surface area (Å²) < 4.78 is 0. The minimum Gasteiger partial charge on any atom is -0.368 e. The number of aromatic nitrogens is 5. The number of nitrogens with zero attached hydrogens (tertiary/aromatic N) is 5. The second-order valence-corrected chi connectivity index (χ2v) is 14.1. The van der Waals surface area contributed by atoms with Crippen LogP contribution in [0.5, 0.6) is 0 Å². The second kappa shape index (κ2) is 20.3. The molecule has 4 aromatic carbocycles. The SMILES string of the molecule is CC(C)c1ccc(-c2ncc[nH]2)cc1.CC(C)c1ccc(-c2ncn[nH]2)cc1.CC(C)c1ccc(C#N)cc1.CC(C)c1ccc(C2=NCCN2)cc1. The average molecular weight is 707 g/mol. The molecule has 0 fully saturated rings. The molecule has 0 amide bonds. The van der Waals surface area contributed by atoms with Crippen molar-refractivity contribution in [3.63, 3.8) is 0 Å². The molecule has 53 heavy (non-hydrogen) atoms. The van der Waals surface area contributed by atoms with Crippen molar-refractivity contribution in [2.45, 2.75) is 79.1 Å². The van der Waals surface area contributed by atoms with Gasteiger partial charge in [0, 0.05) is 35.6 Å². The van der Waals surface area contributed by atoms with Crippen LogP contribution in [0.2, 0.25) is 0 Å². The van der Waals surface area contributed by atoms with E-state index in [1.807, 2.05) is 30.5 Å². The zero-order chi connectivity index (χ0) is 38.2. The highest BCUT2D eigenvalue weighted by molar-refractivity contribution is 5.99. The Hall–Kier alpha value is -5.81. The predicted octanol–water partition coefficient (Wildman–Crippen LogP) is 10.6. The van der Waals surface area contributed by atoms with Crippen LogP contribution in [0.15, 0.2) is 121 Å². The van der Waals surface area contributed by atoms with Crippen molar-refractivity contribution in [2.24, 2.45) is 4.99 Å². The largest absolute Gasteiger partial charge is 0.368 e. The molecule has 6 aromatic rings. The summed E-state index contributed by atoms with van der Waals surface area (Å²) in [5.41, 5.74) is 9.51. The van der Waals surface area contributed by atoms with E-state index in [1.54, 1.807) is 6.20 Å². The number of benzene rings is 4. The Morgan fingerprint density at radius 2 is 1.02 bits per heavy atom. The lowest BCUT2D eigenvalue weighted by Gasteiger charge is -2.07. The molecule has 1 aliphatic heterocycles. The van der Waals surface area contributed by atoms with E-state index >= 15 is 0 Å². The molecule has 274 valence electrons. The number of imidazole rings is 1. The first-order valence-electron chi connectivity index (χ1n) is 18.5. The summed E-state index contributed by atoms with van der Waals surface area (Å²) in [6, 6.07) is 35.4. The Kier molecular flexibility index (Phi) is 15.3. The predicted molar refractivity (Wildman–Crippen MR) is 219 cm³/mol. The first-order valence-corrected chi connectivity index (χ1v) is 18.5. The number of aliphatic imine (C=N–C) groups is 1. The fourth-order valence-corrected chi connectivity index (χ4v) is 5.38. The van der Waals surface area contributed by atoms with Crippen molar-refractivity contribution in [2.75, 3.05) is 13.1 Å². The van der Waals surface area contributed by atoms with E-state index in [0.29, 0.717) is 23.7 Å². The van der Waals surface area contributed by atoms with Gasteiger partial charge in [-0.1, -0.05) is 140 Å². The molecule has 0 atom stereocenters. The molecular weight excluding hydrogens is 653 g/mol. The van der Waals surface area contributed by atoms with E-state index < -0.39 is 0 Å². The van der Waals surface area contributed by atoms with Crippen LogP contribution in [0.25, 0.3) is 22.8 Å². The topological polar surface area (TPSA) is 118 Å². The maximum absolute atomic E-state index is 8.52. The zero-order valence-corrected chi connectivity index (χ0v) is 32.4. The highest BCUT2D eigenvalue weighted by Crippen LogP contribution is 2.21. The molecule has 2 aromatic heterocycles. The van der Waals surface area contributed by atoms with Crippen LogP contribution in [0.4, 0.5) is 0 Å². The number of hydrogen-bond acceptors (Lipinski definition) is 6. The van der Waals surface area contributed by atoms with E-state index in [1.165, 1.54) is 34.1 Å². The Balaban J connectivity index is 0.000000159. The molecule has 1 aliphatic rings. The van der Waals surface area contributed by atoms with Crippen molar-refractivity contribution >= 4 is 5.84 Å². The lowest BCUT2D eigenvalue weighted by atomic mass is 10.0. The van der Waals surface area contributed by atoms with Gasteiger partial charge in [0.25, 0.3) is 0 Å². The van der Waals surface area contributed by atoms with Crippen molar-refractivity contribution in [3.05, 3.63) is 149 Å². The minimum absolute atomic E-state index is 0.544. The van der Waals surface area contributed by atoms with Crippen LogP contribution < -0.4 is 5.32 Å². The molecule has 8 heteroatoms. The van der Waals surface area contributed by atoms with Crippen molar-refractivity contribution < 1.29 is 0 Å². The van der Waals surface area contributed by atoms with Gasteiger partial charge >= 0.3 is 0 Å². The van der Waals surface area contributed by atoms with Crippen LogP contribution in [-0.4, -0.2) is 44.1 Å². The summed E-state index contributed by atoms with van der Waals surface area (Å²) in [6.45, 7) is 19.3. The second-order valence-electron chi connectivity index (χ2n) is 14.1. The van der Waals surface area contributed by atoms with E-state index in [-0.39, 0.29) is 0 Å². The Bertz CT molecular complexity index is 1880. The van der Waals surface area contributed by atoms with Gasteiger partial charge in [-0.25, -0.2) is 9.97 Å². The van der Waals surface area contributed by atoms with Crippen LogP contribution in [0.3, 0.4) is 0 Å². The van der Waals surface area contributed by atoms with E-state index in [0.717, 1.165) is 47.3 Å². The monoisotopic (exact) mass is 706 g/mol. The summed E-state index contributed by atoms with van der Waals surface area (Å²) >= 11 is 0. The van der Waals surface area contributed by atoms with Crippen LogP contribution in [-0.2, 0) is 0 Å². The van der Waals surface area contributed by atoms with Gasteiger partial charge in [-0.05, 0) is 58.1 Å². The lowest BCUT2D eigenvalue weighted by Crippen LogP contribution is -2.19. The van der Waals surface area contributed by atoms with Gasteiger partial charge < -0.3 is 10.3 Å². The normalized spacial score (nSPS) is 11.8. The minimum atomic E-state index is 0.544. The standard InChI is InChI=1S/C12H16N2.C12H14N2.C11H13N3.C10H11N/c2*1-9(2)10-3-5-11(6-4-10)12-13-7-8-14-12;1-8(2)9-3-5-10(6-4-9)11-12-7-13-14-11;1-8(2)10-5-3-9(7-11)4-6-10/h3-6,9H,7-8H2,1-2H3,(H,13,14);3-9H,1-2H3,(H,13,14);3-8H,1-2H3,(H,12,13,14);3-6,8H,1-2H3. The first kappa shape index (κ1) is 40.0. The molecule has 0 spiro atoms. The van der Waals surface area contributed by atoms with Crippen LogP contribution in [0.1, 0.15) is 112 Å². The molecule has 0 bridgehead atoms. The molecule has 0 aliphatic carbocycles. The van der Waals surface area contributed by atoms with E-state index in [4.69, 9.17) is 5.26 Å². The van der Waals surface area contributed by atoms with Crippen molar-refractivity contribution in [3.8, 4) is 28.8 Å². The number of nitriles is 1. The number of hydrogen-bond donors (Lipinski definition) is 3. The summed E-state index contributed by atoms with van der Waals surface area (Å²) in [6.07, 6.45) is 5.13. The van der Waals surface area contributed by atoms with E-state index in [9.17, 15) is 0 Å². The molecular formula is C45H54N8. The quantitative estimate of drug-likeness (QED) is 0.153. The van der Waals surface area contributed by atoms with Crippen LogP contribution >= 0.6 is 0 Å². The molecule has 0 saturated carbocycles. The third kappa shape index (κ3) is 12.4. The number of amidine groups is 1. The fraction of sp³-hybridized carbons (Fsp3) is 0.311.